The number of carbonyl (C=O) groups excluding carboxylic acids is 2. The van der Waals surface area contributed by atoms with Gasteiger partial charge in [0.15, 0.2) is 0 Å². The molecule has 0 atom stereocenters. The Morgan fingerprint density at radius 2 is 1.96 bits per heavy atom. The monoisotopic (exact) mass is 348 g/mol. The van der Waals surface area contributed by atoms with Crippen LogP contribution in [0, 0.1) is 5.92 Å². The first-order valence-electron chi connectivity index (χ1n) is 8.60. The maximum absolute atomic E-state index is 12.6. The summed E-state index contributed by atoms with van der Waals surface area (Å²) >= 11 is 1.85. The second kappa shape index (κ2) is 7.92. The molecular formula is C18H24N2O3S. The average molecular weight is 348 g/mol. The summed E-state index contributed by atoms with van der Waals surface area (Å²) in [6, 6.07) is 8.26. The minimum absolute atomic E-state index is 0.0545. The van der Waals surface area contributed by atoms with Gasteiger partial charge in [0.05, 0.1) is 24.8 Å². The van der Waals surface area contributed by atoms with E-state index in [2.05, 4.69) is 17.0 Å². The van der Waals surface area contributed by atoms with Gasteiger partial charge in [0.2, 0.25) is 5.91 Å². The van der Waals surface area contributed by atoms with Crippen LogP contribution >= 0.6 is 11.8 Å². The zero-order valence-corrected chi connectivity index (χ0v) is 14.9. The zero-order chi connectivity index (χ0) is 16.9. The van der Waals surface area contributed by atoms with Crippen LogP contribution in [0.25, 0.3) is 0 Å². The normalized spacial score (nSPS) is 18.2. The molecule has 1 saturated heterocycles. The fourth-order valence-corrected chi connectivity index (χ4v) is 4.33. The van der Waals surface area contributed by atoms with Crippen LogP contribution in [0.3, 0.4) is 0 Å². The number of para-hydroxylation sites is 1. The van der Waals surface area contributed by atoms with Crippen LogP contribution in [0.2, 0.25) is 0 Å². The van der Waals surface area contributed by atoms with Crippen molar-refractivity contribution in [2.75, 3.05) is 43.4 Å². The Morgan fingerprint density at radius 1 is 1.21 bits per heavy atom. The van der Waals surface area contributed by atoms with E-state index in [1.165, 1.54) is 4.90 Å². The summed E-state index contributed by atoms with van der Waals surface area (Å²) in [5, 5.41) is 0. The molecule has 0 N–H and O–H groups in total. The summed E-state index contributed by atoms with van der Waals surface area (Å²) in [4.78, 5) is 29.7. The molecule has 2 aliphatic rings. The number of hydrogen-bond acceptors (Lipinski definition) is 5. The molecule has 0 radical (unpaired) electrons. The van der Waals surface area contributed by atoms with Gasteiger partial charge in [-0.05, 0) is 31.9 Å². The van der Waals surface area contributed by atoms with Crippen molar-refractivity contribution in [3.63, 3.8) is 0 Å². The number of amides is 1. The summed E-state index contributed by atoms with van der Waals surface area (Å²) in [5.41, 5.74) is 1.16. The standard InChI is InChI=1S/C18H24N2O3S/c1-2-23-18(22)14-7-9-19(10-8-14)17(21)13-20-11-12-24-16-6-4-3-5-15(16)20/h3-6,14H,2,7-13H2,1H3. The van der Waals surface area contributed by atoms with Crippen molar-refractivity contribution in [3.05, 3.63) is 24.3 Å². The van der Waals surface area contributed by atoms with E-state index in [4.69, 9.17) is 4.74 Å². The average Bonchev–Trinajstić information content (AvgIpc) is 2.62. The molecule has 0 saturated carbocycles. The number of piperidine rings is 1. The van der Waals surface area contributed by atoms with Gasteiger partial charge in [-0.1, -0.05) is 12.1 Å². The fraction of sp³-hybridized carbons (Fsp3) is 0.556. The van der Waals surface area contributed by atoms with Gasteiger partial charge in [-0.2, -0.15) is 0 Å². The molecule has 2 aliphatic heterocycles. The molecule has 1 aromatic carbocycles. The van der Waals surface area contributed by atoms with Crippen LogP contribution in [0.1, 0.15) is 19.8 Å². The van der Waals surface area contributed by atoms with Gasteiger partial charge >= 0.3 is 5.97 Å². The molecule has 1 fully saturated rings. The first-order chi connectivity index (χ1) is 11.7. The largest absolute Gasteiger partial charge is 0.466 e. The maximum atomic E-state index is 12.6. The Labute approximate surface area is 147 Å². The van der Waals surface area contributed by atoms with Crippen LogP contribution in [0.4, 0.5) is 5.69 Å². The molecular weight excluding hydrogens is 324 g/mol. The van der Waals surface area contributed by atoms with Crippen molar-refractivity contribution in [2.45, 2.75) is 24.7 Å². The summed E-state index contributed by atoms with van der Waals surface area (Å²) in [7, 11) is 0. The molecule has 2 heterocycles. The van der Waals surface area contributed by atoms with Crippen molar-refractivity contribution in [3.8, 4) is 0 Å². The third kappa shape index (κ3) is 3.86. The highest BCUT2D eigenvalue weighted by Crippen LogP contribution is 2.34. The molecule has 0 aliphatic carbocycles. The molecule has 24 heavy (non-hydrogen) atoms. The molecule has 0 unspecified atom stereocenters. The van der Waals surface area contributed by atoms with Crippen LogP contribution in [0.5, 0.6) is 0 Å². The van der Waals surface area contributed by atoms with Crippen LogP contribution in [-0.4, -0.2) is 55.3 Å². The fourth-order valence-electron chi connectivity index (χ4n) is 3.28. The predicted molar refractivity (Wildman–Crippen MR) is 95.3 cm³/mol. The Bertz CT molecular complexity index is 600. The van der Waals surface area contributed by atoms with Crippen molar-refractivity contribution in [2.24, 2.45) is 5.92 Å². The molecule has 6 heteroatoms. The number of benzene rings is 1. The number of esters is 1. The summed E-state index contributed by atoms with van der Waals surface area (Å²) in [6.07, 6.45) is 1.41. The number of rotatable bonds is 4. The van der Waals surface area contributed by atoms with Gasteiger partial charge in [-0.25, -0.2) is 0 Å². The van der Waals surface area contributed by atoms with Gasteiger partial charge in [0.1, 0.15) is 0 Å². The van der Waals surface area contributed by atoms with E-state index in [9.17, 15) is 9.59 Å². The Kier molecular flexibility index (Phi) is 5.66. The van der Waals surface area contributed by atoms with Gasteiger partial charge in [0, 0.05) is 30.3 Å². The smallest absolute Gasteiger partial charge is 0.309 e. The van der Waals surface area contributed by atoms with Gasteiger partial charge < -0.3 is 14.5 Å². The quantitative estimate of drug-likeness (QED) is 0.782. The number of anilines is 1. The Hall–Kier alpha value is -1.69. The molecule has 130 valence electrons. The van der Waals surface area contributed by atoms with Crippen molar-refractivity contribution >= 4 is 29.3 Å². The molecule has 1 aromatic rings. The van der Waals surface area contributed by atoms with Gasteiger partial charge in [-0.3, -0.25) is 9.59 Å². The van der Waals surface area contributed by atoms with Crippen LogP contribution < -0.4 is 4.90 Å². The lowest BCUT2D eigenvalue weighted by Crippen LogP contribution is -2.46. The number of likely N-dealkylation sites (tertiary alicyclic amines) is 1. The van der Waals surface area contributed by atoms with Gasteiger partial charge in [-0.15, -0.1) is 11.8 Å². The highest BCUT2D eigenvalue weighted by Gasteiger charge is 2.29. The lowest BCUT2D eigenvalue weighted by molar-refractivity contribution is -0.151. The van der Waals surface area contributed by atoms with E-state index >= 15 is 0 Å². The number of fused-ring (bicyclic) bond motifs is 1. The molecule has 0 aromatic heterocycles. The maximum Gasteiger partial charge on any atom is 0.309 e. The zero-order valence-electron chi connectivity index (χ0n) is 14.1. The molecule has 0 spiro atoms. The van der Waals surface area contributed by atoms with Crippen molar-refractivity contribution in [1.29, 1.82) is 0 Å². The SMILES string of the molecule is CCOC(=O)C1CCN(C(=O)CN2CCSc3ccccc32)CC1. The number of ether oxygens (including phenoxy) is 1. The van der Waals surface area contributed by atoms with Crippen LogP contribution in [0.15, 0.2) is 29.2 Å². The van der Waals surface area contributed by atoms with Gasteiger partial charge in [0.25, 0.3) is 0 Å². The summed E-state index contributed by atoms with van der Waals surface area (Å²) < 4.78 is 5.08. The number of nitrogens with zero attached hydrogens (tertiary/aromatic N) is 2. The molecule has 1 amide bonds. The number of carbonyl (C=O) groups is 2. The number of hydrogen-bond donors (Lipinski definition) is 0. The highest BCUT2D eigenvalue weighted by molar-refractivity contribution is 7.99. The van der Waals surface area contributed by atoms with E-state index in [1.54, 1.807) is 0 Å². The van der Waals surface area contributed by atoms with Crippen molar-refractivity contribution < 1.29 is 14.3 Å². The predicted octanol–water partition coefficient (Wildman–Crippen LogP) is 2.40. The lowest BCUT2D eigenvalue weighted by atomic mass is 9.97. The van der Waals surface area contributed by atoms with Crippen LogP contribution in [-0.2, 0) is 14.3 Å². The van der Waals surface area contributed by atoms with E-state index in [-0.39, 0.29) is 17.8 Å². The first kappa shape index (κ1) is 17.1. The van der Waals surface area contributed by atoms with Crippen molar-refractivity contribution in [1.82, 2.24) is 4.90 Å². The molecule has 0 bridgehead atoms. The second-order valence-electron chi connectivity index (χ2n) is 6.14. The van der Waals surface area contributed by atoms with E-state index in [0.29, 0.717) is 39.1 Å². The summed E-state index contributed by atoms with van der Waals surface area (Å²) in [6.45, 7) is 4.85. The highest BCUT2D eigenvalue weighted by atomic mass is 32.2. The second-order valence-corrected chi connectivity index (χ2v) is 7.28. The molecule has 3 rings (SSSR count). The topological polar surface area (TPSA) is 49.9 Å². The van der Waals surface area contributed by atoms with E-state index in [1.807, 2.05) is 35.7 Å². The Balaban J connectivity index is 1.55. The Morgan fingerprint density at radius 3 is 2.71 bits per heavy atom. The lowest BCUT2D eigenvalue weighted by Gasteiger charge is -2.35. The minimum Gasteiger partial charge on any atom is -0.466 e. The molecule has 5 nitrogen and oxygen atoms in total. The number of thioether (sulfide) groups is 1. The first-order valence-corrected chi connectivity index (χ1v) is 9.58. The third-order valence-electron chi connectivity index (χ3n) is 4.62. The van der Waals surface area contributed by atoms with E-state index in [0.717, 1.165) is 18.0 Å². The third-order valence-corrected chi connectivity index (χ3v) is 5.66. The van der Waals surface area contributed by atoms with E-state index < -0.39 is 0 Å². The summed E-state index contributed by atoms with van der Waals surface area (Å²) in [5.74, 6) is 0.988. The minimum atomic E-state index is -0.119.